The van der Waals surface area contributed by atoms with E-state index in [1.54, 1.807) is 38.3 Å². The van der Waals surface area contributed by atoms with Gasteiger partial charge in [-0.1, -0.05) is 6.08 Å². The Labute approximate surface area is 162 Å². The summed E-state index contributed by atoms with van der Waals surface area (Å²) in [5.74, 6) is 1.61. The third-order valence-corrected chi connectivity index (χ3v) is 3.56. The normalized spacial score (nSPS) is 12.2. The van der Waals surface area contributed by atoms with Crippen LogP contribution in [-0.2, 0) is 0 Å². The van der Waals surface area contributed by atoms with E-state index >= 15 is 0 Å². The van der Waals surface area contributed by atoms with Crippen LogP contribution in [0.25, 0.3) is 6.08 Å². The quantitative estimate of drug-likeness (QED) is 0.388. The largest absolute Gasteiger partial charge is 0.481 e. The molecule has 6 nitrogen and oxygen atoms in total. The van der Waals surface area contributed by atoms with E-state index in [9.17, 15) is 8.78 Å². The Bertz CT molecular complexity index is 896. The highest BCUT2D eigenvalue weighted by Gasteiger charge is 2.13. The average Bonchev–Trinajstić information content (AvgIpc) is 2.67. The lowest BCUT2D eigenvalue weighted by Crippen LogP contribution is -2.04. The highest BCUT2D eigenvalue weighted by Crippen LogP contribution is 2.23. The second-order valence-electron chi connectivity index (χ2n) is 5.58. The van der Waals surface area contributed by atoms with Gasteiger partial charge in [0.2, 0.25) is 11.8 Å². The molecule has 0 aromatic carbocycles. The highest BCUT2D eigenvalue weighted by molar-refractivity contribution is 5.76. The minimum absolute atomic E-state index is 0.254. The van der Waals surface area contributed by atoms with Crippen molar-refractivity contribution < 1.29 is 23.0 Å². The zero-order chi connectivity index (χ0) is 20.5. The van der Waals surface area contributed by atoms with Crippen LogP contribution in [-0.4, -0.2) is 30.1 Å². The molecule has 0 unspecified atom stereocenters. The molecule has 28 heavy (non-hydrogen) atoms. The van der Waals surface area contributed by atoms with Crippen LogP contribution in [0.4, 0.5) is 8.78 Å². The summed E-state index contributed by atoms with van der Waals surface area (Å²) in [6, 6.07) is 5.06. The molecule has 0 spiro atoms. The van der Waals surface area contributed by atoms with Gasteiger partial charge in [-0.05, 0) is 36.8 Å². The molecule has 0 amide bonds. The first kappa shape index (κ1) is 21.0. The molecule has 0 aliphatic rings. The predicted octanol–water partition coefficient (Wildman–Crippen LogP) is 4.76. The Morgan fingerprint density at radius 1 is 1.18 bits per heavy atom. The Balaban J connectivity index is 1.98. The van der Waals surface area contributed by atoms with E-state index in [4.69, 9.17) is 14.2 Å². The van der Waals surface area contributed by atoms with E-state index in [-0.39, 0.29) is 5.69 Å². The van der Waals surface area contributed by atoms with E-state index in [1.165, 1.54) is 26.5 Å². The number of hydrogen-bond donors (Lipinski definition) is 0. The average molecular weight is 389 g/mol. The molecule has 148 valence electrons. The van der Waals surface area contributed by atoms with Crippen LogP contribution in [0.15, 0.2) is 47.7 Å². The van der Waals surface area contributed by atoms with Crippen molar-refractivity contribution in [3.05, 3.63) is 59.6 Å². The number of hydrogen-bond acceptors (Lipinski definition) is 6. The summed E-state index contributed by atoms with van der Waals surface area (Å²) >= 11 is 0. The van der Waals surface area contributed by atoms with Crippen LogP contribution in [0.3, 0.4) is 0 Å². The lowest BCUT2D eigenvalue weighted by atomic mass is 10.2. The lowest BCUT2D eigenvalue weighted by molar-refractivity contribution is 0.145. The second kappa shape index (κ2) is 10.1. The molecule has 0 aliphatic heterocycles. The fourth-order valence-electron chi connectivity index (χ4n) is 2.24. The van der Waals surface area contributed by atoms with Crippen LogP contribution in [0.2, 0.25) is 0 Å². The Hall–Kier alpha value is -3.29. The number of aliphatic imine (C=N–C) groups is 1. The summed E-state index contributed by atoms with van der Waals surface area (Å²) in [6.07, 6.45) is 5.47. The standard InChI is InChI=1S/C20H21F2N3O3/c1-13-11-16(12-24-18(13)19(21)22)28-14(2)23-10-6-5-7-15-8-9-17(26-3)25-20(15)27-4/h5-12,19H,1-4H3/b7-5+,10-6-,23-14?. The van der Waals surface area contributed by atoms with Crippen molar-refractivity contribution in [2.45, 2.75) is 20.3 Å². The molecule has 0 N–H and O–H groups in total. The van der Waals surface area contributed by atoms with Gasteiger partial charge in [0.1, 0.15) is 11.4 Å². The molecule has 2 rings (SSSR count). The first-order valence-electron chi connectivity index (χ1n) is 8.33. The van der Waals surface area contributed by atoms with Gasteiger partial charge in [-0.15, -0.1) is 0 Å². The van der Waals surface area contributed by atoms with E-state index in [0.29, 0.717) is 29.0 Å². The van der Waals surface area contributed by atoms with Crippen LogP contribution >= 0.6 is 0 Å². The number of alkyl halides is 2. The maximum atomic E-state index is 12.7. The third-order valence-electron chi connectivity index (χ3n) is 3.56. The number of ether oxygens (including phenoxy) is 3. The first-order valence-corrected chi connectivity index (χ1v) is 8.33. The Kier molecular flexibility index (Phi) is 7.62. The molecule has 0 radical (unpaired) electrons. The molecular weight excluding hydrogens is 368 g/mol. The zero-order valence-electron chi connectivity index (χ0n) is 16.0. The van der Waals surface area contributed by atoms with Gasteiger partial charge in [-0.3, -0.25) is 4.98 Å². The maximum Gasteiger partial charge on any atom is 0.280 e. The summed E-state index contributed by atoms with van der Waals surface area (Å²) in [7, 11) is 3.07. The van der Waals surface area contributed by atoms with Gasteiger partial charge in [0.25, 0.3) is 6.43 Å². The monoisotopic (exact) mass is 389 g/mol. The number of aromatic nitrogens is 2. The fraction of sp³-hybridized carbons (Fsp3) is 0.250. The minimum Gasteiger partial charge on any atom is -0.481 e. The number of pyridine rings is 2. The van der Waals surface area contributed by atoms with Crippen LogP contribution in [0, 0.1) is 6.92 Å². The van der Waals surface area contributed by atoms with Crippen molar-refractivity contribution in [3.8, 4) is 17.5 Å². The number of methoxy groups -OCH3 is 2. The molecule has 2 heterocycles. The van der Waals surface area contributed by atoms with E-state index in [0.717, 1.165) is 5.56 Å². The summed E-state index contributed by atoms with van der Waals surface area (Å²) in [5.41, 5.74) is 0.891. The molecule has 0 saturated carbocycles. The summed E-state index contributed by atoms with van der Waals surface area (Å²) in [4.78, 5) is 12.0. The van der Waals surface area contributed by atoms with Crippen molar-refractivity contribution in [3.63, 3.8) is 0 Å². The number of nitrogens with zero attached hydrogens (tertiary/aromatic N) is 3. The van der Waals surface area contributed by atoms with Crippen LogP contribution in [0.1, 0.15) is 30.2 Å². The van der Waals surface area contributed by atoms with Crippen LogP contribution < -0.4 is 14.2 Å². The second-order valence-corrected chi connectivity index (χ2v) is 5.58. The van der Waals surface area contributed by atoms with Gasteiger partial charge in [-0.2, -0.15) is 4.98 Å². The predicted molar refractivity (Wildman–Crippen MR) is 103 cm³/mol. The smallest absolute Gasteiger partial charge is 0.280 e. The van der Waals surface area contributed by atoms with Crippen LogP contribution in [0.5, 0.6) is 17.5 Å². The molecule has 0 atom stereocenters. The van der Waals surface area contributed by atoms with Crippen molar-refractivity contribution in [1.82, 2.24) is 9.97 Å². The van der Waals surface area contributed by atoms with Crippen molar-refractivity contribution in [1.29, 1.82) is 0 Å². The maximum absolute atomic E-state index is 12.7. The zero-order valence-corrected chi connectivity index (χ0v) is 16.0. The molecular formula is C20H21F2N3O3. The van der Waals surface area contributed by atoms with Crippen molar-refractivity contribution in [2.75, 3.05) is 14.2 Å². The van der Waals surface area contributed by atoms with Crippen molar-refractivity contribution >= 4 is 12.0 Å². The van der Waals surface area contributed by atoms with Gasteiger partial charge in [0.05, 0.1) is 20.4 Å². The topological polar surface area (TPSA) is 65.8 Å². The molecule has 2 aromatic rings. The minimum atomic E-state index is -2.61. The number of rotatable bonds is 7. The molecule has 0 fully saturated rings. The molecule has 0 aliphatic carbocycles. The number of aryl methyl sites for hydroxylation is 1. The van der Waals surface area contributed by atoms with E-state index in [2.05, 4.69) is 15.0 Å². The molecule has 2 aromatic heterocycles. The SMILES string of the molecule is COc1ccc(/C=C/C=C\N=C(C)Oc2cnc(C(F)F)c(C)c2)c(OC)n1. The van der Waals surface area contributed by atoms with Gasteiger partial charge in [0.15, 0.2) is 5.90 Å². The number of allylic oxidation sites excluding steroid dienone is 2. The van der Waals surface area contributed by atoms with Gasteiger partial charge < -0.3 is 14.2 Å². The fourth-order valence-corrected chi connectivity index (χ4v) is 2.24. The summed E-state index contributed by atoms with van der Waals surface area (Å²) in [5, 5.41) is 0. The number of halogens is 2. The molecule has 8 heteroatoms. The first-order chi connectivity index (χ1) is 13.4. The highest BCUT2D eigenvalue weighted by atomic mass is 19.3. The lowest BCUT2D eigenvalue weighted by Gasteiger charge is -2.07. The third kappa shape index (κ3) is 5.87. The van der Waals surface area contributed by atoms with Gasteiger partial charge in [-0.25, -0.2) is 13.8 Å². The van der Waals surface area contributed by atoms with Gasteiger partial charge in [0, 0.05) is 24.8 Å². The van der Waals surface area contributed by atoms with Gasteiger partial charge >= 0.3 is 0 Å². The Morgan fingerprint density at radius 2 is 1.96 bits per heavy atom. The van der Waals surface area contributed by atoms with E-state index < -0.39 is 6.43 Å². The summed E-state index contributed by atoms with van der Waals surface area (Å²) < 4.78 is 41.2. The molecule has 0 saturated heterocycles. The Morgan fingerprint density at radius 3 is 2.61 bits per heavy atom. The summed E-state index contributed by atoms with van der Waals surface area (Å²) in [6.45, 7) is 3.21. The molecule has 0 bridgehead atoms. The van der Waals surface area contributed by atoms with E-state index in [1.807, 2.05) is 12.1 Å². The van der Waals surface area contributed by atoms with Crippen molar-refractivity contribution in [2.24, 2.45) is 4.99 Å².